The topological polar surface area (TPSA) is 93.7 Å². The maximum atomic E-state index is 12.2. The molecule has 0 fully saturated rings. The van der Waals surface area contributed by atoms with Crippen molar-refractivity contribution in [2.75, 3.05) is 31.4 Å². The Labute approximate surface area is 165 Å². The van der Waals surface area contributed by atoms with Crippen LogP contribution in [0.4, 0.5) is 11.4 Å². The van der Waals surface area contributed by atoms with Crippen LogP contribution < -0.4 is 10.6 Å². The fraction of sp³-hybridized carbons (Fsp3) is 0.211. The summed E-state index contributed by atoms with van der Waals surface area (Å²) in [6, 6.07) is 9.93. The molecule has 27 heavy (non-hydrogen) atoms. The van der Waals surface area contributed by atoms with Crippen LogP contribution in [-0.4, -0.2) is 38.6 Å². The first-order chi connectivity index (χ1) is 12.8. The highest BCUT2D eigenvalue weighted by atomic mass is 79.9. The van der Waals surface area contributed by atoms with E-state index < -0.39 is 11.9 Å². The Morgan fingerprint density at radius 2 is 1.56 bits per heavy atom. The third kappa shape index (κ3) is 5.55. The van der Waals surface area contributed by atoms with Crippen LogP contribution in [0.5, 0.6) is 0 Å². The Hall–Kier alpha value is -2.87. The Kier molecular flexibility index (Phi) is 6.95. The van der Waals surface area contributed by atoms with Crippen LogP contribution in [0, 0.1) is 6.92 Å². The molecule has 1 amide bonds. The number of nitrogens with one attached hydrogen (secondary N) is 2. The van der Waals surface area contributed by atoms with Crippen LogP contribution in [0.2, 0.25) is 0 Å². The van der Waals surface area contributed by atoms with Crippen molar-refractivity contribution in [1.29, 1.82) is 0 Å². The summed E-state index contributed by atoms with van der Waals surface area (Å²) in [4.78, 5) is 35.8. The Bertz CT molecular complexity index is 848. The van der Waals surface area contributed by atoms with Gasteiger partial charge in [-0.05, 0) is 58.7 Å². The van der Waals surface area contributed by atoms with Crippen molar-refractivity contribution in [2.24, 2.45) is 0 Å². The van der Waals surface area contributed by atoms with E-state index in [0.717, 1.165) is 10.0 Å². The summed E-state index contributed by atoms with van der Waals surface area (Å²) in [6.45, 7) is 1.89. The van der Waals surface area contributed by atoms with Gasteiger partial charge in [0.2, 0.25) is 5.91 Å². The van der Waals surface area contributed by atoms with E-state index in [0.29, 0.717) is 11.4 Å². The molecule has 2 aromatic carbocycles. The van der Waals surface area contributed by atoms with Gasteiger partial charge in [-0.3, -0.25) is 4.79 Å². The smallest absolute Gasteiger partial charge is 0.337 e. The molecule has 0 saturated heterocycles. The number of ether oxygens (including phenoxy) is 2. The number of anilines is 2. The lowest BCUT2D eigenvalue weighted by Crippen LogP contribution is -2.22. The molecule has 0 aliphatic carbocycles. The molecule has 2 rings (SSSR count). The molecule has 0 heterocycles. The van der Waals surface area contributed by atoms with Crippen molar-refractivity contribution in [3.8, 4) is 0 Å². The van der Waals surface area contributed by atoms with Crippen LogP contribution in [-0.2, 0) is 14.3 Å². The van der Waals surface area contributed by atoms with Crippen molar-refractivity contribution in [1.82, 2.24) is 0 Å². The van der Waals surface area contributed by atoms with Gasteiger partial charge in [0, 0.05) is 10.2 Å². The van der Waals surface area contributed by atoms with Gasteiger partial charge in [0.15, 0.2) is 0 Å². The molecule has 0 atom stereocenters. The van der Waals surface area contributed by atoms with Gasteiger partial charge >= 0.3 is 11.9 Å². The van der Waals surface area contributed by atoms with E-state index in [1.165, 1.54) is 32.4 Å². The molecule has 0 radical (unpaired) electrons. The monoisotopic (exact) mass is 434 g/mol. The summed E-state index contributed by atoms with van der Waals surface area (Å²) in [6.07, 6.45) is 0. The highest BCUT2D eigenvalue weighted by Gasteiger charge is 2.14. The lowest BCUT2D eigenvalue weighted by molar-refractivity contribution is -0.114. The first kappa shape index (κ1) is 20.4. The lowest BCUT2D eigenvalue weighted by atomic mass is 10.1. The first-order valence-corrected chi connectivity index (χ1v) is 8.75. The van der Waals surface area contributed by atoms with Crippen molar-refractivity contribution in [3.63, 3.8) is 0 Å². The lowest BCUT2D eigenvalue weighted by Gasteiger charge is -2.11. The number of halogens is 1. The van der Waals surface area contributed by atoms with Crippen molar-refractivity contribution in [3.05, 3.63) is 57.6 Å². The van der Waals surface area contributed by atoms with E-state index in [9.17, 15) is 14.4 Å². The normalized spacial score (nSPS) is 10.1. The summed E-state index contributed by atoms with van der Waals surface area (Å²) in [5, 5.41) is 5.66. The second-order valence-electron chi connectivity index (χ2n) is 5.67. The zero-order valence-electron chi connectivity index (χ0n) is 15.1. The quantitative estimate of drug-likeness (QED) is 0.676. The van der Waals surface area contributed by atoms with E-state index in [-0.39, 0.29) is 23.6 Å². The molecular formula is C19H19BrN2O5. The molecule has 7 nitrogen and oxygen atoms in total. The van der Waals surface area contributed by atoms with Gasteiger partial charge in [-0.2, -0.15) is 0 Å². The number of carbonyl (C=O) groups is 3. The third-order valence-electron chi connectivity index (χ3n) is 3.63. The Balaban J connectivity index is 2.12. The summed E-state index contributed by atoms with van der Waals surface area (Å²) in [7, 11) is 2.49. The van der Waals surface area contributed by atoms with E-state index >= 15 is 0 Å². The number of rotatable bonds is 6. The molecule has 0 aromatic heterocycles. The van der Waals surface area contributed by atoms with E-state index in [1.54, 1.807) is 6.07 Å². The van der Waals surface area contributed by atoms with Gasteiger partial charge < -0.3 is 20.1 Å². The average molecular weight is 435 g/mol. The number of benzene rings is 2. The fourth-order valence-corrected chi connectivity index (χ4v) is 2.89. The maximum Gasteiger partial charge on any atom is 0.337 e. The van der Waals surface area contributed by atoms with E-state index in [2.05, 4.69) is 36.0 Å². The third-order valence-corrected chi connectivity index (χ3v) is 4.28. The predicted octanol–water partition coefficient (Wildman–Crippen LogP) is 3.38. The van der Waals surface area contributed by atoms with Gasteiger partial charge in [0.05, 0.1) is 37.6 Å². The molecule has 142 valence electrons. The summed E-state index contributed by atoms with van der Waals surface area (Å²) >= 11 is 3.40. The molecule has 0 bridgehead atoms. The van der Waals surface area contributed by atoms with Crippen LogP contribution in [0.3, 0.4) is 0 Å². The van der Waals surface area contributed by atoms with Gasteiger partial charge in [-0.25, -0.2) is 9.59 Å². The van der Waals surface area contributed by atoms with Crippen LogP contribution >= 0.6 is 15.9 Å². The predicted molar refractivity (Wildman–Crippen MR) is 105 cm³/mol. The summed E-state index contributed by atoms with van der Waals surface area (Å²) in [5.41, 5.74) is 2.46. The van der Waals surface area contributed by atoms with Crippen LogP contribution in [0.15, 0.2) is 40.9 Å². The maximum absolute atomic E-state index is 12.2. The largest absolute Gasteiger partial charge is 0.465 e. The SMILES string of the molecule is COC(=O)c1cc(NCC(=O)Nc2ccc(C)cc2Br)cc(C(=O)OC)c1. The number of esters is 2. The van der Waals surface area contributed by atoms with Crippen LogP contribution in [0.1, 0.15) is 26.3 Å². The number of hydrogen-bond acceptors (Lipinski definition) is 6. The molecule has 0 unspecified atom stereocenters. The zero-order valence-corrected chi connectivity index (χ0v) is 16.7. The second-order valence-corrected chi connectivity index (χ2v) is 6.52. The number of methoxy groups -OCH3 is 2. The fourth-order valence-electron chi connectivity index (χ4n) is 2.30. The minimum Gasteiger partial charge on any atom is -0.465 e. The number of hydrogen-bond donors (Lipinski definition) is 2. The molecule has 2 aromatic rings. The zero-order chi connectivity index (χ0) is 20.0. The standard InChI is InChI=1S/C19H19BrN2O5/c1-11-4-5-16(15(20)6-11)22-17(23)10-21-14-8-12(18(24)26-2)7-13(9-14)19(25)27-3/h4-9,21H,10H2,1-3H3,(H,22,23). The number of carbonyl (C=O) groups excluding carboxylic acids is 3. The van der Waals surface area contributed by atoms with Gasteiger partial charge in [0.25, 0.3) is 0 Å². The molecule has 0 spiro atoms. The van der Waals surface area contributed by atoms with Gasteiger partial charge in [-0.15, -0.1) is 0 Å². The van der Waals surface area contributed by atoms with E-state index in [1.807, 2.05) is 19.1 Å². The minimum absolute atomic E-state index is 0.0639. The molecule has 0 aliphatic heterocycles. The molecule has 2 N–H and O–H groups in total. The Morgan fingerprint density at radius 1 is 0.963 bits per heavy atom. The summed E-state index contributed by atoms with van der Waals surface area (Å²) < 4.78 is 10.1. The minimum atomic E-state index is -0.600. The molecular weight excluding hydrogens is 416 g/mol. The van der Waals surface area contributed by atoms with Crippen molar-refractivity contribution in [2.45, 2.75) is 6.92 Å². The van der Waals surface area contributed by atoms with Crippen molar-refractivity contribution < 1.29 is 23.9 Å². The van der Waals surface area contributed by atoms with Gasteiger partial charge in [0.1, 0.15) is 0 Å². The van der Waals surface area contributed by atoms with Crippen LogP contribution in [0.25, 0.3) is 0 Å². The summed E-state index contributed by atoms with van der Waals surface area (Å²) in [5.74, 6) is -1.49. The van der Waals surface area contributed by atoms with Gasteiger partial charge in [-0.1, -0.05) is 6.07 Å². The molecule has 0 saturated carbocycles. The second kappa shape index (κ2) is 9.18. The number of aryl methyl sites for hydroxylation is 1. The van der Waals surface area contributed by atoms with E-state index in [4.69, 9.17) is 0 Å². The molecule has 0 aliphatic rings. The Morgan fingerprint density at radius 3 is 2.07 bits per heavy atom. The average Bonchev–Trinajstić information content (AvgIpc) is 2.67. The first-order valence-electron chi connectivity index (χ1n) is 7.95. The molecule has 8 heteroatoms. The van der Waals surface area contributed by atoms with Crippen molar-refractivity contribution >= 4 is 45.2 Å². The number of amides is 1. The highest BCUT2D eigenvalue weighted by Crippen LogP contribution is 2.23. The highest BCUT2D eigenvalue weighted by molar-refractivity contribution is 9.10.